The number of nitrogens with one attached hydrogen (secondary N) is 1. The van der Waals surface area contributed by atoms with E-state index in [-0.39, 0.29) is 5.82 Å². The van der Waals surface area contributed by atoms with Crippen LogP contribution in [-0.4, -0.2) is 20.7 Å². The average molecular weight is 494 g/mol. The maximum atomic E-state index is 13.0. The van der Waals surface area contributed by atoms with Crippen LogP contribution in [0.15, 0.2) is 84.9 Å². The normalized spacial score (nSPS) is 11.0. The van der Waals surface area contributed by atoms with Crippen molar-refractivity contribution in [3.8, 4) is 17.1 Å². The van der Waals surface area contributed by atoms with Crippen molar-refractivity contribution in [2.75, 3.05) is 5.32 Å². The van der Waals surface area contributed by atoms with Gasteiger partial charge in [0, 0.05) is 16.3 Å². The Kier molecular flexibility index (Phi) is 5.77. The van der Waals surface area contributed by atoms with E-state index in [0.717, 1.165) is 16.3 Å². The van der Waals surface area contributed by atoms with Crippen LogP contribution in [0.5, 0.6) is 0 Å². The third-order valence-electron chi connectivity index (χ3n) is 5.07. The minimum absolute atomic E-state index is 0.0131. The van der Waals surface area contributed by atoms with Crippen molar-refractivity contribution in [2.45, 2.75) is 0 Å². The fourth-order valence-electron chi connectivity index (χ4n) is 3.44. The molecule has 5 rings (SSSR count). The van der Waals surface area contributed by atoms with E-state index in [2.05, 4.69) is 15.4 Å². The van der Waals surface area contributed by atoms with Crippen molar-refractivity contribution in [2.24, 2.45) is 0 Å². The van der Waals surface area contributed by atoms with Crippen molar-refractivity contribution in [1.29, 1.82) is 0 Å². The highest BCUT2D eigenvalue weighted by Gasteiger charge is 2.19. The van der Waals surface area contributed by atoms with Crippen LogP contribution in [0.25, 0.3) is 27.8 Å². The number of hydrogen-bond acceptors (Lipinski definition) is 3. The standard InChI is InChI=1S/C25H15Cl3N4O/c26-18-8-5-16(6-9-18)24-30-23(31-32(24)20-11-12-21(27)22(28)14-20)25(33)29-19-10-7-15-3-1-2-4-17(15)13-19/h1-14H,(H,29,33). The van der Waals surface area contributed by atoms with Gasteiger partial charge in [0.1, 0.15) is 0 Å². The predicted octanol–water partition coefficient (Wildman–Crippen LogP) is 7.30. The molecule has 0 radical (unpaired) electrons. The number of carbonyl (C=O) groups excluding carboxylic acids is 1. The Labute approximate surface area is 204 Å². The summed E-state index contributed by atoms with van der Waals surface area (Å²) >= 11 is 18.3. The molecule has 4 aromatic carbocycles. The minimum Gasteiger partial charge on any atom is -0.319 e. The number of fused-ring (bicyclic) bond motifs is 1. The van der Waals surface area contributed by atoms with Crippen LogP contribution in [0.4, 0.5) is 5.69 Å². The third-order valence-corrected chi connectivity index (χ3v) is 6.06. The number of anilines is 1. The van der Waals surface area contributed by atoms with E-state index in [1.54, 1.807) is 35.0 Å². The minimum atomic E-state index is -0.431. The lowest BCUT2D eigenvalue weighted by molar-refractivity contribution is 0.101. The van der Waals surface area contributed by atoms with E-state index in [1.807, 2.05) is 54.6 Å². The molecule has 33 heavy (non-hydrogen) atoms. The zero-order valence-electron chi connectivity index (χ0n) is 17.0. The fraction of sp³-hybridized carbons (Fsp3) is 0. The monoisotopic (exact) mass is 492 g/mol. The van der Waals surface area contributed by atoms with Crippen LogP contribution in [0.1, 0.15) is 10.6 Å². The molecule has 1 N–H and O–H groups in total. The predicted molar refractivity (Wildman–Crippen MR) is 134 cm³/mol. The first-order valence-corrected chi connectivity index (χ1v) is 11.1. The van der Waals surface area contributed by atoms with Gasteiger partial charge in [0.05, 0.1) is 15.7 Å². The lowest BCUT2D eigenvalue weighted by Gasteiger charge is -2.07. The van der Waals surface area contributed by atoms with Gasteiger partial charge in [-0.15, -0.1) is 5.10 Å². The highest BCUT2D eigenvalue weighted by atomic mass is 35.5. The van der Waals surface area contributed by atoms with Gasteiger partial charge in [-0.05, 0) is 65.4 Å². The molecule has 1 heterocycles. The average Bonchev–Trinajstić information content (AvgIpc) is 3.27. The van der Waals surface area contributed by atoms with Gasteiger partial charge >= 0.3 is 0 Å². The molecule has 0 aliphatic heterocycles. The maximum Gasteiger partial charge on any atom is 0.295 e. The molecule has 162 valence electrons. The van der Waals surface area contributed by atoms with Crippen LogP contribution < -0.4 is 5.32 Å². The molecule has 5 nitrogen and oxygen atoms in total. The number of halogens is 3. The Bertz CT molecular complexity index is 1500. The molecule has 1 aromatic heterocycles. The molecule has 0 spiro atoms. The van der Waals surface area contributed by atoms with Crippen molar-refractivity contribution in [3.63, 3.8) is 0 Å². The zero-order chi connectivity index (χ0) is 22.9. The van der Waals surface area contributed by atoms with E-state index in [1.165, 1.54) is 0 Å². The van der Waals surface area contributed by atoms with Gasteiger partial charge in [-0.1, -0.05) is 65.1 Å². The van der Waals surface area contributed by atoms with Crippen molar-refractivity contribution < 1.29 is 4.79 Å². The van der Waals surface area contributed by atoms with E-state index >= 15 is 0 Å². The highest BCUT2D eigenvalue weighted by Crippen LogP contribution is 2.28. The van der Waals surface area contributed by atoms with Gasteiger partial charge in [-0.25, -0.2) is 9.67 Å². The molecule has 0 atom stereocenters. The third kappa shape index (κ3) is 4.44. The molecule has 0 aliphatic carbocycles. The van der Waals surface area contributed by atoms with E-state index < -0.39 is 5.91 Å². The molecular weight excluding hydrogens is 479 g/mol. The second kappa shape index (κ2) is 8.87. The molecular formula is C25H15Cl3N4O. The Hall–Kier alpha value is -3.38. The molecule has 0 aliphatic rings. The summed E-state index contributed by atoms with van der Waals surface area (Å²) in [4.78, 5) is 17.6. The first kappa shape index (κ1) is 21.5. The zero-order valence-corrected chi connectivity index (χ0v) is 19.2. The summed E-state index contributed by atoms with van der Waals surface area (Å²) in [7, 11) is 0. The van der Waals surface area contributed by atoms with Gasteiger partial charge in [0.15, 0.2) is 5.82 Å². The molecule has 5 aromatic rings. The molecule has 0 unspecified atom stereocenters. The largest absolute Gasteiger partial charge is 0.319 e. The van der Waals surface area contributed by atoms with Crippen LogP contribution in [-0.2, 0) is 0 Å². The van der Waals surface area contributed by atoms with E-state index in [9.17, 15) is 4.79 Å². The van der Waals surface area contributed by atoms with Gasteiger partial charge in [-0.3, -0.25) is 4.79 Å². The Balaban J connectivity index is 1.54. The van der Waals surface area contributed by atoms with Crippen molar-refractivity contribution in [3.05, 3.63) is 106 Å². The first-order valence-electron chi connectivity index (χ1n) is 9.96. The van der Waals surface area contributed by atoms with Crippen LogP contribution >= 0.6 is 34.8 Å². The Morgan fingerprint density at radius 1 is 0.788 bits per heavy atom. The summed E-state index contributed by atoms with van der Waals surface area (Å²) in [5.41, 5.74) is 2.01. The fourth-order valence-corrected chi connectivity index (χ4v) is 3.86. The van der Waals surface area contributed by atoms with Crippen LogP contribution in [0.3, 0.4) is 0 Å². The van der Waals surface area contributed by atoms with Crippen molar-refractivity contribution >= 4 is 57.2 Å². The van der Waals surface area contributed by atoms with Crippen LogP contribution in [0.2, 0.25) is 15.1 Å². The number of amides is 1. The second-order valence-corrected chi connectivity index (χ2v) is 8.54. The topological polar surface area (TPSA) is 59.8 Å². The Morgan fingerprint density at radius 3 is 2.30 bits per heavy atom. The molecule has 8 heteroatoms. The van der Waals surface area contributed by atoms with Gasteiger partial charge in [-0.2, -0.15) is 0 Å². The van der Waals surface area contributed by atoms with Crippen LogP contribution in [0, 0.1) is 0 Å². The smallest absolute Gasteiger partial charge is 0.295 e. The molecule has 0 saturated carbocycles. The van der Waals surface area contributed by atoms with Gasteiger partial charge < -0.3 is 5.32 Å². The number of benzene rings is 4. The van der Waals surface area contributed by atoms with E-state index in [4.69, 9.17) is 34.8 Å². The SMILES string of the molecule is O=C(Nc1ccc2ccccc2c1)c1nc(-c2ccc(Cl)cc2)n(-c2ccc(Cl)c(Cl)c2)n1. The molecule has 0 fully saturated rings. The quantitative estimate of drug-likeness (QED) is 0.286. The lowest BCUT2D eigenvalue weighted by atomic mass is 10.1. The number of hydrogen-bond donors (Lipinski definition) is 1. The Morgan fingerprint density at radius 2 is 1.55 bits per heavy atom. The summed E-state index contributed by atoms with van der Waals surface area (Å²) in [6, 6.07) is 25.8. The summed E-state index contributed by atoms with van der Waals surface area (Å²) in [5.74, 6) is 0.0483. The van der Waals surface area contributed by atoms with Gasteiger partial charge in [0.2, 0.25) is 5.82 Å². The van der Waals surface area contributed by atoms with E-state index in [0.29, 0.717) is 32.3 Å². The second-order valence-electron chi connectivity index (χ2n) is 7.29. The number of carbonyl (C=O) groups is 1. The number of aromatic nitrogens is 3. The summed E-state index contributed by atoms with van der Waals surface area (Å²) < 4.78 is 1.56. The molecule has 1 amide bonds. The summed E-state index contributed by atoms with van der Waals surface area (Å²) in [6.45, 7) is 0. The summed E-state index contributed by atoms with van der Waals surface area (Å²) in [6.07, 6.45) is 0. The van der Waals surface area contributed by atoms with Gasteiger partial charge in [0.25, 0.3) is 5.91 Å². The maximum absolute atomic E-state index is 13.0. The number of nitrogens with zero attached hydrogens (tertiary/aromatic N) is 3. The first-order chi connectivity index (χ1) is 16.0. The van der Waals surface area contributed by atoms with Crippen molar-refractivity contribution in [1.82, 2.24) is 14.8 Å². The summed E-state index contributed by atoms with van der Waals surface area (Å²) in [5, 5.41) is 10.8. The molecule has 0 bridgehead atoms. The lowest BCUT2D eigenvalue weighted by Crippen LogP contribution is -2.14. The number of rotatable bonds is 4. The highest BCUT2D eigenvalue weighted by molar-refractivity contribution is 6.42. The molecule has 0 saturated heterocycles.